The van der Waals surface area contributed by atoms with Crippen LogP contribution >= 0.6 is 0 Å². The smallest absolute Gasteiger partial charge is 0.301 e. The van der Waals surface area contributed by atoms with Crippen molar-refractivity contribution in [1.82, 2.24) is 4.31 Å². The molecule has 0 atom stereocenters. The number of nitrogens with zero attached hydrogens (tertiary/aromatic N) is 2. The lowest BCUT2D eigenvalue weighted by Crippen LogP contribution is -2.39. The number of benzene rings is 2. The summed E-state index contributed by atoms with van der Waals surface area (Å²) in [6.07, 6.45) is 2.97. The first-order chi connectivity index (χ1) is 12.0. The van der Waals surface area contributed by atoms with Crippen LogP contribution in [0.25, 0.3) is 0 Å². The van der Waals surface area contributed by atoms with Crippen LogP contribution in [0, 0.1) is 0 Å². The predicted octanol–water partition coefficient (Wildman–Crippen LogP) is 3.47. The van der Waals surface area contributed by atoms with E-state index in [0.29, 0.717) is 18.8 Å². The van der Waals surface area contributed by atoms with Gasteiger partial charge in [0.2, 0.25) is 0 Å². The summed E-state index contributed by atoms with van der Waals surface area (Å²) in [6.45, 7) is 2.01. The fourth-order valence-electron chi connectivity index (χ4n) is 3.05. The van der Waals surface area contributed by atoms with E-state index in [1.54, 1.807) is 0 Å². The van der Waals surface area contributed by atoms with E-state index in [2.05, 4.69) is 21.8 Å². The van der Waals surface area contributed by atoms with Gasteiger partial charge in [0.25, 0.3) is 0 Å². The summed E-state index contributed by atoms with van der Waals surface area (Å²) >= 11 is 0. The molecule has 25 heavy (non-hydrogen) atoms. The maximum Gasteiger partial charge on any atom is 0.301 e. The fourth-order valence-corrected chi connectivity index (χ4v) is 4.35. The first-order valence-corrected chi connectivity index (χ1v) is 10.1. The zero-order valence-corrected chi connectivity index (χ0v) is 15.4. The number of rotatable bonds is 6. The van der Waals surface area contributed by atoms with Crippen LogP contribution < -0.4 is 9.62 Å². The zero-order chi connectivity index (χ0) is 17.7. The standard InChI is InChI=1S/C19H25N3O2S/c1-21(16-17-8-4-2-5-9-17)19-12-10-18(11-13-19)20-25(23,24)22-14-6-3-7-15-22/h2,4-5,8-13,20H,3,6-7,14-16H2,1H3. The Kier molecular flexibility index (Phi) is 5.60. The second-order valence-corrected chi connectivity index (χ2v) is 8.13. The minimum atomic E-state index is -3.45. The number of nitrogens with one attached hydrogen (secondary N) is 1. The highest BCUT2D eigenvalue weighted by molar-refractivity contribution is 7.90. The molecule has 1 aliphatic heterocycles. The van der Waals surface area contributed by atoms with E-state index in [0.717, 1.165) is 31.5 Å². The first kappa shape index (κ1) is 17.8. The summed E-state index contributed by atoms with van der Waals surface area (Å²) in [7, 11) is -1.42. The van der Waals surface area contributed by atoms with Gasteiger partial charge in [0.05, 0.1) is 0 Å². The summed E-state index contributed by atoms with van der Waals surface area (Å²) in [5.41, 5.74) is 2.88. The molecule has 1 heterocycles. The third-order valence-electron chi connectivity index (χ3n) is 4.47. The molecule has 2 aromatic carbocycles. The summed E-state index contributed by atoms with van der Waals surface area (Å²) in [5.74, 6) is 0. The predicted molar refractivity (Wildman–Crippen MR) is 103 cm³/mol. The van der Waals surface area contributed by atoms with Crippen LogP contribution in [0.15, 0.2) is 54.6 Å². The van der Waals surface area contributed by atoms with E-state index in [9.17, 15) is 8.42 Å². The van der Waals surface area contributed by atoms with Crippen molar-refractivity contribution < 1.29 is 8.42 Å². The number of hydrogen-bond acceptors (Lipinski definition) is 3. The quantitative estimate of drug-likeness (QED) is 0.859. The van der Waals surface area contributed by atoms with Gasteiger partial charge in [0, 0.05) is 38.1 Å². The molecule has 0 radical (unpaired) electrons. The van der Waals surface area contributed by atoms with Gasteiger partial charge in [-0.25, -0.2) is 0 Å². The normalized spacial score (nSPS) is 15.7. The van der Waals surface area contributed by atoms with Gasteiger partial charge in [-0.2, -0.15) is 12.7 Å². The van der Waals surface area contributed by atoms with Crippen LogP contribution in [-0.4, -0.2) is 32.9 Å². The van der Waals surface area contributed by atoms with Crippen molar-refractivity contribution in [3.05, 3.63) is 60.2 Å². The van der Waals surface area contributed by atoms with Crippen molar-refractivity contribution >= 4 is 21.6 Å². The molecule has 6 heteroatoms. The van der Waals surface area contributed by atoms with Crippen LogP contribution in [0.4, 0.5) is 11.4 Å². The average Bonchev–Trinajstić information content (AvgIpc) is 2.63. The molecular formula is C19H25N3O2S. The van der Waals surface area contributed by atoms with Gasteiger partial charge in [0.15, 0.2) is 0 Å². The van der Waals surface area contributed by atoms with Gasteiger partial charge in [-0.3, -0.25) is 4.72 Å². The second-order valence-electron chi connectivity index (χ2n) is 6.46. The molecule has 1 fully saturated rings. The minimum absolute atomic E-state index is 0.599. The largest absolute Gasteiger partial charge is 0.370 e. The van der Waals surface area contributed by atoms with E-state index in [4.69, 9.17) is 0 Å². The Bertz CT molecular complexity index is 770. The Morgan fingerprint density at radius 2 is 1.60 bits per heavy atom. The molecule has 134 valence electrons. The first-order valence-electron chi connectivity index (χ1n) is 8.68. The van der Waals surface area contributed by atoms with Gasteiger partial charge in [-0.1, -0.05) is 36.8 Å². The molecular weight excluding hydrogens is 334 g/mol. The SMILES string of the molecule is CN(Cc1ccccc1)c1ccc(NS(=O)(=O)N2CCCCC2)cc1. The maximum atomic E-state index is 12.4. The van der Waals surface area contributed by atoms with E-state index < -0.39 is 10.2 Å². The lowest BCUT2D eigenvalue weighted by molar-refractivity contribution is 0.349. The third-order valence-corrected chi connectivity index (χ3v) is 6.01. The van der Waals surface area contributed by atoms with Crippen molar-refractivity contribution in [2.45, 2.75) is 25.8 Å². The molecule has 0 aliphatic carbocycles. The van der Waals surface area contributed by atoms with Crippen molar-refractivity contribution in [3.63, 3.8) is 0 Å². The summed E-state index contributed by atoms with van der Waals surface area (Å²) in [4.78, 5) is 2.14. The second kappa shape index (κ2) is 7.89. The van der Waals surface area contributed by atoms with Crippen LogP contribution in [0.1, 0.15) is 24.8 Å². The lowest BCUT2D eigenvalue weighted by atomic mass is 10.2. The molecule has 1 aliphatic rings. The molecule has 0 unspecified atom stereocenters. The molecule has 0 aromatic heterocycles. The molecule has 0 saturated carbocycles. The molecule has 0 bridgehead atoms. The highest BCUT2D eigenvalue weighted by Gasteiger charge is 2.23. The Balaban J connectivity index is 1.63. The minimum Gasteiger partial charge on any atom is -0.370 e. The van der Waals surface area contributed by atoms with Crippen molar-refractivity contribution in [2.75, 3.05) is 29.8 Å². The number of hydrogen-bond donors (Lipinski definition) is 1. The monoisotopic (exact) mass is 359 g/mol. The highest BCUT2D eigenvalue weighted by atomic mass is 32.2. The molecule has 0 spiro atoms. The molecule has 1 N–H and O–H groups in total. The zero-order valence-electron chi connectivity index (χ0n) is 14.6. The summed E-state index contributed by atoms with van der Waals surface area (Å²) in [5, 5.41) is 0. The van der Waals surface area contributed by atoms with Crippen molar-refractivity contribution in [1.29, 1.82) is 0 Å². The van der Waals surface area contributed by atoms with Crippen molar-refractivity contribution in [3.8, 4) is 0 Å². The molecule has 0 amide bonds. The maximum absolute atomic E-state index is 12.4. The van der Waals surface area contributed by atoms with Gasteiger partial charge in [-0.05, 0) is 42.7 Å². The lowest BCUT2D eigenvalue weighted by Gasteiger charge is -2.26. The van der Waals surface area contributed by atoms with Gasteiger partial charge in [-0.15, -0.1) is 0 Å². The number of piperidine rings is 1. The summed E-state index contributed by atoms with van der Waals surface area (Å²) < 4.78 is 29.1. The topological polar surface area (TPSA) is 52.7 Å². The molecule has 5 nitrogen and oxygen atoms in total. The molecule has 2 aromatic rings. The van der Waals surface area contributed by atoms with Crippen LogP contribution in [0.5, 0.6) is 0 Å². The Morgan fingerprint density at radius 3 is 2.24 bits per heavy atom. The van der Waals surface area contributed by atoms with E-state index in [-0.39, 0.29) is 0 Å². The van der Waals surface area contributed by atoms with Gasteiger partial charge in [0.1, 0.15) is 0 Å². The Morgan fingerprint density at radius 1 is 0.960 bits per heavy atom. The van der Waals surface area contributed by atoms with Crippen LogP contribution in [0.2, 0.25) is 0 Å². The van der Waals surface area contributed by atoms with E-state index in [1.807, 2.05) is 49.5 Å². The van der Waals surface area contributed by atoms with Crippen LogP contribution in [-0.2, 0) is 16.8 Å². The van der Waals surface area contributed by atoms with E-state index >= 15 is 0 Å². The Labute approximate surface area is 150 Å². The van der Waals surface area contributed by atoms with Crippen molar-refractivity contribution in [2.24, 2.45) is 0 Å². The third kappa shape index (κ3) is 4.74. The molecule has 3 rings (SSSR count). The van der Waals surface area contributed by atoms with Gasteiger partial charge < -0.3 is 4.90 Å². The van der Waals surface area contributed by atoms with Crippen LogP contribution in [0.3, 0.4) is 0 Å². The van der Waals surface area contributed by atoms with Gasteiger partial charge >= 0.3 is 10.2 Å². The van der Waals surface area contributed by atoms with E-state index in [1.165, 1.54) is 9.87 Å². The number of anilines is 2. The highest BCUT2D eigenvalue weighted by Crippen LogP contribution is 2.21. The average molecular weight is 359 g/mol. The fraction of sp³-hybridized carbons (Fsp3) is 0.368. The Hall–Kier alpha value is -2.05. The summed E-state index contributed by atoms with van der Waals surface area (Å²) in [6, 6.07) is 17.8. The molecule has 1 saturated heterocycles.